The van der Waals surface area contributed by atoms with Crippen molar-refractivity contribution < 1.29 is 0 Å². The number of anilines is 1. The third-order valence-corrected chi connectivity index (χ3v) is 4.77. The summed E-state index contributed by atoms with van der Waals surface area (Å²) in [7, 11) is 2.17. The first kappa shape index (κ1) is 12.8. The Hall–Kier alpha value is -0.610. The summed E-state index contributed by atoms with van der Waals surface area (Å²) in [5, 5.41) is 4.56. The Labute approximate surface area is 108 Å². The number of nitrogens with zero attached hydrogens (tertiary/aromatic N) is 2. The van der Waals surface area contributed by atoms with Gasteiger partial charge < -0.3 is 10.2 Å². The van der Waals surface area contributed by atoms with E-state index >= 15 is 0 Å². The quantitative estimate of drug-likeness (QED) is 0.845. The van der Waals surface area contributed by atoms with Crippen LogP contribution in [0.4, 0.5) is 5.13 Å². The zero-order valence-corrected chi connectivity index (χ0v) is 11.9. The van der Waals surface area contributed by atoms with E-state index in [2.05, 4.69) is 36.1 Å². The van der Waals surface area contributed by atoms with Crippen LogP contribution in [0.15, 0.2) is 0 Å². The van der Waals surface area contributed by atoms with Crippen LogP contribution < -0.4 is 10.2 Å². The van der Waals surface area contributed by atoms with Crippen molar-refractivity contribution in [1.29, 1.82) is 0 Å². The van der Waals surface area contributed by atoms with Gasteiger partial charge in [0, 0.05) is 25.0 Å². The summed E-state index contributed by atoms with van der Waals surface area (Å²) in [4.78, 5) is 8.39. The van der Waals surface area contributed by atoms with Crippen molar-refractivity contribution >= 4 is 16.5 Å². The highest BCUT2D eigenvalue weighted by molar-refractivity contribution is 7.15. The predicted octanol–water partition coefficient (Wildman–Crippen LogP) is 2.80. The summed E-state index contributed by atoms with van der Waals surface area (Å²) in [5.41, 5.74) is 1.19. The molecule has 1 heterocycles. The standard InChI is InChI=1S/C13H23N3S/c1-4-14-8-12-10(2)15-13(17-12)16(3)9-11-6-5-7-11/h11,14H,4-9H2,1-3H3. The van der Waals surface area contributed by atoms with Crippen LogP contribution in [0.3, 0.4) is 0 Å². The van der Waals surface area contributed by atoms with Gasteiger partial charge in [0.2, 0.25) is 0 Å². The van der Waals surface area contributed by atoms with Crippen molar-refractivity contribution in [2.24, 2.45) is 5.92 Å². The average molecular weight is 253 g/mol. The number of hydrogen-bond acceptors (Lipinski definition) is 4. The molecule has 0 atom stereocenters. The van der Waals surface area contributed by atoms with E-state index in [1.54, 1.807) is 0 Å². The van der Waals surface area contributed by atoms with E-state index in [9.17, 15) is 0 Å². The molecule has 0 saturated heterocycles. The monoisotopic (exact) mass is 253 g/mol. The molecule has 0 amide bonds. The largest absolute Gasteiger partial charge is 0.351 e. The lowest BCUT2D eigenvalue weighted by Gasteiger charge is -2.29. The number of nitrogens with one attached hydrogen (secondary N) is 1. The molecule has 1 aromatic rings. The van der Waals surface area contributed by atoms with Crippen LogP contribution >= 0.6 is 11.3 Å². The Morgan fingerprint density at radius 3 is 2.82 bits per heavy atom. The summed E-state index contributed by atoms with van der Waals surface area (Å²) < 4.78 is 0. The number of aryl methyl sites for hydroxylation is 1. The molecule has 0 bridgehead atoms. The van der Waals surface area contributed by atoms with Crippen molar-refractivity contribution in [1.82, 2.24) is 10.3 Å². The fourth-order valence-electron chi connectivity index (χ4n) is 2.12. The van der Waals surface area contributed by atoms with Gasteiger partial charge in [0.1, 0.15) is 0 Å². The van der Waals surface area contributed by atoms with Gasteiger partial charge in [-0.15, -0.1) is 11.3 Å². The fraction of sp³-hybridized carbons (Fsp3) is 0.769. The second-order valence-corrected chi connectivity index (χ2v) is 6.02. The van der Waals surface area contributed by atoms with E-state index in [1.165, 1.54) is 41.5 Å². The minimum absolute atomic E-state index is 0.904. The first-order chi connectivity index (χ1) is 8.20. The topological polar surface area (TPSA) is 28.2 Å². The van der Waals surface area contributed by atoms with Gasteiger partial charge in [0.25, 0.3) is 0 Å². The molecule has 4 heteroatoms. The summed E-state index contributed by atoms with van der Waals surface area (Å²) in [6.45, 7) is 7.40. The van der Waals surface area contributed by atoms with Crippen LogP contribution in [0.5, 0.6) is 0 Å². The van der Waals surface area contributed by atoms with Gasteiger partial charge in [0.15, 0.2) is 5.13 Å². The minimum atomic E-state index is 0.904. The summed E-state index contributed by atoms with van der Waals surface area (Å²) in [6, 6.07) is 0. The molecule has 1 fully saturated rings. The van der Waals surface area contributed by atoms with Crippen LogP contribution in [0.1, 0.15) is 36.8 Å². The van der Waals surface area contributed by atoms with E-state index in [-0.39, 0.29) is 0 Å². The second kappa shape index (κ2) is 5.83. The number of aromatic nitrogens is 1. The van der Waals surface area contributed by atoms with E-state index in [4.69, 9.17) is 0 Å². The molecule has 0 spiro atoms. The number of hydrogen-bond donors (Lipinski definition) is 1. The smallest absolute Gasteiger partial charge is 0.185 e. The van der Waals surface area contributed by atoms with E-state index in [0.29, 0.717) is 0 Å². The SMILES string of the molecule is CCNCc1sc(N(C)CC2CCC2)nc1C. The predicted molar refractivity (Wildman–Crippen MR) is 74.8 cm³/mol. The summed E-state index contributed by atoms with van der Waals surface area (Å²) in [5.74, 6) is 0.904. The van der Waals surface area contributed by atoms with Gasteiger partial charge in [-0.25, -0.2) is 4.98 Å². The van der Waals surface area contributed by atoms with Crippen molar-refractivity contribution in [3.8, 4) is 0 Å². The van der Waals surface area contributed by atoms with Gasteiger partial charge in [-0.3, -0.25) is 0 Å². The average Bonchev–Trinajstić information content (AvgIpc) is 2.62. The third kappa shape index (κ3) is 3.19. The second-order valence-electron chi connectivity index (χ2n) is 4.96. The Bertz CT molecular complexity index is 358. The van der Waals surface area contributed by atoms with E-state index in [1.807, 2.05) is 11.3 Å². The molecule has 3 nitrogen and oxygen atoms in total. The zero-order valence-electron chi connectivity index (χ0n) is 11.1. The maximum Gasteiger partial charge on any atom is 0.185 e. The number of rotatable bonds is 6. The molecule has 0 aliphatic heterocycles. The molecule has 0 radical (unpaired) electrons. The highest BCUT2D eigenvalue weighted by Gasteiger charge is 2.20. The molecular formula is C13H23N3S. The Kier molecular flexibility index (Phi) is 4.40. The summed E-state index contributed by atoms with van der Waals surface area (Å²) in [6.07, 6.45) is 4.22. The first-order valence-corrected chi connectivity index (χ1v) is 7.40. The highest BCUT2D eigenvalue weighted by atomic mass is 32.1. The molecule has 1 N–H and O–H groups in total. The molecule has 96 valence electrons. The molecule has 1 aliphatic rings. The van der Waals surface area contributed by atoms with Gasteiger partial charge in [-0.1, -0.05) is 13.3 Å². The van der Waals surface area contributed by atoms with Crippen molar-refractivity contribution in [2.45, 2.75) is 39.7 Å². The Balaban J connectivity index is 1.94. The van der Waals surface area contributed by atoms with Gasteiger partial charge in [-0.2, -0.15) is 0 Å². The van der Waals surface area contributed by atoms with Crippen molar-refractivity contribution in [2.75, 3.05) is 25.0 Å². The minimum Gasteiger partial charge on any atom is -0.351 e. The third-order valence-electron chi connectivity index (χ3n) is 3.50. The van der Waals surface area contributed by atoms with Crippen molar-refractivity contribution in [3.63, 3.8) is 0 Å². The highest BCUT2D eigenvalue weighted by Crippen LogP contribution is 2.30. The van der Waals surface area contributed by atoms with Gasteiger partial charge in [-0.05, 0) is 32.2 Å². The van der Waals surface area contributed by atoms with Crippen LogP contribution in [0.2, 0.25) is 0 Å². The van der Waals surface area contributed by atoms with Crippen LogP contribution in [-0.2, 0) is 6.54 Å². The Morgan fingerprint density at radius 1 is 1.47 bits per heavy atom. The van der Waals surface area contributed by atoms with Crippen LogP contribution in [0.25, 0.3) is 0 Å². The molecule has 0 unspecified atom stereocenters. The van der Waals surface area contributed by atoms with E-state index < -0.39 is 0 Å². The zero-order chi connectivity index (χ0) is 12.3. The number of thiazole rings is 1. The van der Waals surface area contributed by atoms with Crippen molar-refractivity contribution in [3.05, 3.63) is 10.6 Å². The molecule has 2 rings (SSSR count). The maximum atomic E-state index is 4.68. The first-order valence-electron chi connectivity index (χ1n) is 6.59. The lowest BCUT2D eigenvalue weighted by molar-refractivity contribution is 0.321. The molecule has 1 aliphatic carbocycles. The Morgan fingerprint density at radius 2 is 2.24 bits per heavy atom. The maximum absolute atomic E-state index is 4.68. The van der Waals surface area contributed by atoms with Gasteiger partial charge >= 0.3 is 0 Å². The summed E-state index contributed by atoms with van der Waals surface area (Å²) >= 11 is 1.84. The van der Waals surface area contributed by atoms with Crippen LogP contribution in [-0.4, -0.2) is 25.1 Å². The molecule has 1 saturated carbocycles. The van der Waals surface area contributed by atoms with Gasteiger partial charge in [0.05, 0.1) is 5.69 Å². The molecule has 0 aromatic carbocycles. The molecule has 1 aromatic heterocycles. The molecular weight excluding hydrogens is 230 g/mol. The molecule has 17 heavy (non-hydrogen) atoms. The lowest BCUT2D eigenvalue weighted by Crippen LogP contribution is -2.29. The van der Waals surface area contributed by atoms with E-state index in [0.717, 1.165) is 19.0 Å². The van der Waals surface area contributed by atoms with Crippen LogP contribution in [0, 0.1) is 12.8 Å². The normalized spacial score (nSPS) is 15.9. The fourth-order valence-corrected chi connectivity index (χ4v) is 3.12. The lowest BCUT2D eigenvalue weighted by atomic mass is 9.85.